The van der Waals surface area contributed by atoms with E-state index in [1.165, 1.54) is 0 Å². The maximum Gasteiger partial charge on any atom is 0.322 e. The average molecular weight is 518 g/mol. The molecule has 1 atom stereocenters. The molecule has 2 amide bonds. The number of carbonyl (C=O) groups excluding carboxylic acids is 1. The lowest BCUT2D eigenvalue weighted by atomic mass is 10.0. The fourth-order valence-electron chi connectivity index (χ4n) is 5.42. The van der Waals surface area contributed by atoms with Crippen LogP contribution in [-0.4, -0.2) is 32.1 Å². The monoisotopic (exact) mass is 517 g/mol. The zero-order valence-electron chi connectivity index (χ0n) is 21.7. The van der Waals surface area contributed by atoms with Crippen LogP contribution in [0.5, 0.6) is 11.5 Å². The first-order valence-electron chi connectivity index (χ1n) is 12.9. The Hall–Kier alpha value is -4.98. The van der Waals surface area contributed by atoms with Crippen molar-refractivity contribution in [1.82, 2.24) is 19.2 Å². The molecular formula is C31H27N5O3. The highest BCUT2D eigenvalue weighted by molar-refractivity contribution is 5.90. The molecule has 0 bridgehead atoms. The van der Waals surface area contributed by atoms with Crippen LogP contribution in [0.25, 0.3) is 11.5 Å². The number of hydrogen-bond acceptors (Lipinski definition) is 4. The minimum Gasteiger partial charge on any atom is -0.454 e. The second-order valence-electron chi connectivity index (χ2n) is 9.88. The van der Waals surface area contributed by atoms with Crippen molar-refractivity contribution < 1.29 is 14.3 Å². The Bertz CT molecular complexity index is 1690. The van der Waals surface area contributed by atoms with E-state index in [0.717, 1.165) is 39.6 Å². The molecule has 2 aliphatic heterocycles. The minimum absolute atomic E-state index is 0.179. The van der Waals surface area contributed by atoms with Gasteiger partial charge < -0.3 is 24.3 Å². The van der Waals surface area contributed by atoms with Crippen LogP contribution in [0.4, 0.5) is 10.5 Å². The number of anilines is 1. The van der Waals surface area contributed by atoms with Crippen molar-refractivity contribution >= 4 is 11.7 Å². The minimum atomic E-state index is -0.328. The first-order valence-corrected chi connectivity index (χ1v) is 12.9. The largest absolute Gasteiger partial charge is 0.454 e. The molecule has 0 spiro atoms. The summed E-state index contributed by atoms with van der Waals surface area (Å²) in [5.74, 6) is 2.23. The van der Waals surface area contributed by atoms with Crippen molar-refractivity contribution in [2.75, 3.05) is 12.1 Å². The molecule has 0 aliphatic carbocycles. The van der Waals surface area contributed by atoms with E-state index in [1.807, 2.05) is 65.0 Å². The molecule has 2 aromatic heterocycles. The summed E-state index contributed by atoms with van der Waals surface area (Å²) in [6.07, 6.45) is 2.05. The maximum atomic E-state index is 14.1. The molecule has 2 aliphatic rings. The fraction of sp³-hybridized carbons (Fsp3) is 0.161. The molecule has 39 heavy (non-hydrogen) atoms. The quantitative estimate of drug-likeness (QED) is 0.312. The molecule has 0 radical (unpaired) electrons. The number of hydrogen-bond donors (Lipinski definition) is 1. The maximum absolute atomic E-state index is 14.1. The van der Waals surface area contributed by atoms with Crippen LogP contribution in [0.1, 0.15) is 34.1 Å². The van der Waals surface area contributed by atoms with Crippen LogP contribution in [0, 0.1) is 13.8 Å². The Kier molecular flexibility index (Phi) is 5.40. The van der Waals surface area contributed by atoms with Gasteiger partial charge in [0.25, 0.3) is 0 Å². The van der Waals surface area contributed by atoms with Crippen LogP contribution < -0.4 is 14.8 Å². The standard InChI is InChI=1S/C31H27N5O3/c1-20-10-12-22(13-11-20)29-26-9-6-16-34(26)30-25(21(2)33-36(30)24-7-4-3-5-8-24)18-35(29)31(37)32-23-14-15-27-28(17-23)39-19-38-27/h3-17,29H,18-19H2,1-2H3,(H,32,37). The number of rotatable bonds is 3. The third kappa shape index (κ3) is 3.92. The van der Waals surface area contributed by atoms with E-state index in [-0.39, 0.29) is 18.9 Å². The summed E-state index contributed by atoms with van der Waals surface area (Å²) in [5.41, 5.74) is 6.65. The smallest absolute Gasteiger partial charge is 0.322 e. The summed E-state index contributed by atoms with van der Waals surface area (Å²) in [6, 6.07) is 27.5. The van der Waals surface area contributed by atoms with Gasteiger partial charge in [-0.25, -0.2) is 9.48 Å². The molecule has 0 saturated heterocycles. The van der Waals surface area contributed by atoms with Gasteiger partial charge >= 0.3 is 6.03 Å². The number of urea groups is 1. The summed E-state index contributed by atoms with van der Waals surface area (Å²) >= 11 is 0. The second kappa shape index (κ2) is 9.09. The van der Waals surface area contributed by atoms with Gasteiger partial charge in [0.15, 0.2) is 11.5 Å². The SMILES string of the molecule is Cc1ccc(C2c3cccn3-c3c(c(C)nn3-c3ccccc3)CN2C(=O)Nc2ccc3c(c2)OCO3)cc1. The van der Waals surface area contributed by atoms with Crippen molar-refractivity contribution in [3.8, 4) is 23.0 Å². The van der Waals surface area contributed by atoms with Crippen LogP contribution in [0.3, 0.4) is 0 Å². The average Bonchev–Trinajstić information content (AvgIpc) is 3.67. The second-order valence-corrected chi connectivity index (χ2v) is 9.88. The van der Waals surface area contributed by atoms with E-state index in [9.17, 15) is 4.79 Å². The first-order chi connectivity index (χ1) is 19.1. The number of aromatic nitrogens is 3. The van der Waals surface area contributed by atoms with Gasteiger partial charge in [0, 0.05) is 23.5 Å². The van der Waals surface area contributed by atoms with Gasteiger partial charge in [-0.1, -0.05) is 48.0 Å². The highest BCUT2D eigenvalue weighted by atomic mass is 16.7. The number of ether oxygens (including phenoxy) is 2. The van der Waals surface area contributed by atoms with E-state index < -0.39 is 0 Å². The highest BCUT2D eigenvalue weighted by Gasteiger charge is 2.36. The van der Waals surface area contributed by atoms with Gasteiger partial charge in [0.2, 0.25) is 6.79 Å². The Morgan fingerprint density at radius 1 is 0.923 bits per heavy atom. The number of amides is 2. The van der Waals surface area contributed by atoms with Gasteiger partial charge in [-0.15, -0.1) is 0 Å². The highest BCUT2D eigenvalue weighted by Crippen LogP contribution is 2.39. The zero-order valence-corrected chi connectivity index (χ0v) is 21.7. The molecule has 4 heterocycles. The normalized spacial score (nSPS) is 15.4. The number of aryl methyl sites for hydroxylation is 2. The number of fused-ring (bicyclic) bond motifs is 4. The Labute approximate surface area is 226 Å². The molecule has 0 saturated carbocycles. The van der Waals surface area contributed by atoms with E-state index >= 15 is 0 Å². The topological polar surface area (TPSA) is 73.6 Å². The Morgan fingerprint density at radius 2 is 1.72 bits per heavy atom. The fourth-order valence-corrected chi connectivity index (χ4v) is 5.42. The molecular weight excluding hydrogens is 490 g/mol. The van der Waals surface area contributed by atoms with Crippen molar-refractivity contribution in [3.63, 3.8) is 0 Å². The molecule has 8 nitrogen and oxygen atoms in total. The molecule has 8 heteroatoms. The molecule has 1 unspecified atom stereocenters. The lowest BCUT2D eigenvalue weighted by molar-refractivity contribution is 0.174. The summed E-state index contributed by atoms with van der Waals surface area (Å²) in [5, 5.41) is 8.02. The molecule has 1 N–H and O–H groups in total. The summed E-state index contributed by atoms with van der Waals surface area (Å²) in [6.45, 7) is 4.63. The van der Waals surface area contributed by atoms with Gasteiger partial charge in [-0.2, -0.15) is 5.10 Å². The van der Waals surface area contributed by atoms with Gasteiger partial charge in [0.05, 0.1) is 29.7 Å². The third-order valence-electron chi connectivity index (χ3n) is 7.36. The summed E-state index contributed by atoms with van der Waals surface area (Å²) < 4.78 is 15.1. The van der Waals surface area contributed by atoms with Crippen LogP contribution in [-0.2, 0) is 6.54 Å². The van der Waals surface area contributed by atoms with E-state index in [2.05, 4.69) is 53.3 Å². The molecule has 194 valence electrons. The molecule has 3 aromatic carbocycles. The predicted octanol–water partition coefficient (Wildman–Crippen LogP) is 6.15. The number of nitrogens with zero attached hydrogens (tertiary/aromatic N) is 4. The van der Waals surface area contributed by atoms with Crippen molar-refractivity contribution in [1.29, 1.82) is 0 Å². The number of carbonyl (C=O) groups is 1. The van der Waals surface area contributed by atoms with Crippen molar-refractivity contribution in [3.05, 3.63) is 119 Å². The zero-order chi connectivity index (χ0) is 26.5. The first kappa shape index (κ1) is 23.2. The van der Waals surface area contributed by atoms with Crippen LogP contribution >= 0.6 is 0 Å². The lowest BCUT2D eigenvalue weighted by Crippen LogP contribution is -2.38. The van der Waals surface area contributed by atoms with E-state index in [0.29, 0.717) is 23.7 Å². The molecule has 5 aromatic rings. The lowest BCUT2D eigenvalue weighted by Gasteiger charge is -2.31. The van der Waals surface area contributed by atoms with Crippen LogP contribution in [0.15, 0.2) is 91.1 Å². The third-order valence-corrected chi connectivity index (χ3v) is 7.36. The van der Waals surface area contributed by atoms with Gasteiger partial charge in [-0.05, 0) is 55.8 Å². The number of nitrogens with one attached hydrogen (secondary N) is 1. The van der Waals surface area contributed by atoms with Gasteiger partial charge in [0.1, 0.15) is 5.82 Å². The van der Waals surface area contributed by atoms with Gasteiger partial charge in [-0.3, -0.25) is 0 Å². The van der Waals surface area contributed by atoms with E-state index in [1.54, 1.807) is 6.07 Å². The van der Waals surface area contributed by atoms with E-state index in [4.69, 9.17) is 14.6 Å². The molecule has 0 fully saturated rings. The predicted molar refractivity (Wildman–Crippen MR) is 148 cm³/mol. The number of para-hydroxylation sites is 1. The Balaban J connectivity index is 1.37. The van der Waals surface area contributed by atoms with Crippen molar-refractivity contribution in [2.45, 2.75) is 26.4 Å². The van der Waals surface area contributed by atoms with Crippen LogP contribution in [0.2, 0.25) is 0 Å². The number of benzene rings is 3. The molecule has 7 rings (SSSR count). The summed E-state index contributed by atoms with van der Waals surface area (Å²) in [4.78, 5) is 16.0. The summed E-state index contributed by atoms with van der Waals surface area (Å²) in [7, 11) is 0. The van der Waals surface area contributed by atoms with Crippen molar-refractivity contribution in [2.24, 2.45) is 0 Å². The Morgan fingerprint density at radius 3 is 2.54 bits per heavy atom.